The summed E-state index contributed by atoms with van der Waals surface area (Å²) in [5, 5.41) is 12.7. The van der Waals surface area contributed by atoms with Crippen LogP contribution in [0.4, 0.5) is 0 Å². The zero-order valence-electron chi connectivity index (χ0n) is 11.2. The van der Waals surface area contributed by atoms with Crippen molar-refractivity contribution < 1.29 is 18.3 Å². The van der Waals surface area contributed by atoms with E-state index in [1.807, 2.05) is 0 Å². The molecule has 2 N–H and O–H groups in total. The van der Waals surface area contributed by atoms with Crippen LogP contribution in [0.25, 0.3) is 0 Å². The van der Waals surface area contributed by atoms with Gasteiger partial charge >= 0.3 is 5.97 Å². The summed E-state index contributed by atoms with van der Waals surface area (Å²) in [5.41, 5.74) is 0.614. The van der Waals surface area contributed by atoms with Crippen LogP contribution < -0.4 is 4.72 Å². The fourth-order valence-corrected chi connectivity index (χ4v) is 2.74. The van der Waals surface area contributed by atoms with E-state index in [9.17, 15) is 13.2 Å². The van der Waals surface area contributed by atoms with Crippen molar-refractivity contribution in [2.75, 3.05) is 0 Å². The minimum atomic E-state index is -3.54. The van der Waals surface area contributed by atoms with Gasteiger partial charge in [0, 0.05) is 7.05 Å². The summed E-state index contributed by atoms with van der Waals surface area (Å²) in [4.78, 5) is 14.6. The van der Waals surface area contributed by atoms with Gasteiger partial charge in [-0.15, -0.1) is 0 Å². The molecule has 0 radical (unpaired) electrons. The zero-order chi connectivity index (χ0) is 15.5. The Morgan fingerprint density at radius 2 is 2.00 bits per heavy atom. The predicted molar refractivity (Wildman–Crippen MR) is 73.9 cm³/mol. The third-order valence-corrected chi connectivity index (χ3v) is 3.95. The Morgan fingerprint density at radius 3 is 2.52 bits per heavy atom. The third-order valence-electron chi connectivity index (χ3n) is 2.65. The molecule has 8 nitrogen and oxygen atoms in total. The van der Waals surface area contributed by atoms with Gasteiger partial charge in [-0.3, -0.25) is 4.68 Å². The van der Waals surface area contributed by atoms with Crippen molar-refractivity contribution in [1.29, 1.82) is 0 Å². The monoisotopic (exact) mass is 310 g/mol. The van der Waals surface area contributed by atoms with E-state index in [0.717, 1.165) is 0 Å². The van der Waals surface area contributed by atoms with Gasteiger partial charge in [0.15, 0.2) is 5.82 Å². The Kier molecular flexibility index (Phi) is 4.34. The van der Waals surface area contributed by atoms with E-state index in [2.05, 4.69) is 14.8 Å². The lowest BCUT2D eigenvalue weighted by Crippen LogP contribution is -2.25. The Labute approximate surface area is 121 Å². The molecular weight excluding hydrogens is 296 g/mol. The first-order chi connectivity index (χ1) is 9.85. The molecule has 9 heteroatoms. The molecule has 21 heavy (non-hydrogen) atoms. The maximum atomic E-state index is 11.9. The highest BCUT2D eigenvalue weighted by Gasteiger charge is 2.13. The molecule has 0 aliphatic rings. The van der Waals surface area contributed by atoms with Crippen LogP contribution in [0.2, 0.25) is 0 Å². The van der Waals surface area contributed by atoms with Gasteiger partial charge in [-0.05, 0) is 17.7 Å². The number of carbonyl (C=O) groups is 1. The predicted octanol–water partition coefficient (Wildman–Crippen LogP) is 0.133. The van der Waals surface area contributed by atoms with Crippen LogP contribution in [-0.2, 0) is 29.4 Å². The number of carboxylic acid groups (broad SMARTS) is 1. The summed E-state index contributed by atoms with van der Waals surface area (Å²) >= 11 is 0. The molecule has 0 bridgehead atoms. The van der Waals surface area contributed by atoms with Crippen molar-refractivity contribution in [3.05, 3.63) is 47.5 Å². The highest BCUT2D eigenvalue weighted by atomic mass is 32.2. The minimum absolute atomic E-state index is 0.0103. The molecule has 0 unspecified atom stereocenters. The molecule has 0 atom stereocenters. The Balaban J connectivity index is 1.98. The number of sulfonamides is 1. The fourth-order valence-electron chi connectivity index (χ4n) is 1.65. The van der Waals surface area contributed by atoms with E-state index >= 15 is 0 Å². The van der Waals surface area contributed by atoms with Gasteiger partial charge in [-0.2, -0.15) is 5.10 Å². The topological polar surface area (TPSA) is 114 Å². The zero-order valence-corrected chi connectivity index (χ0v) is 12.0. The quantitative estimate of drug-likeness (QED) is 0.784. The van der Waals surface area contributed by atoms with Crippen molar-refractivity contribution in [3.8, 4) is 0 Å². The van der Waals surface area contributed by atoms with Crippen LogP contribution in [0, 0.1) is 0 Å². The van der Waals surface area contributed by atoms with Gasteiger partial charge in [-0.1, -0.05) is 12.1 Å². The molecule has 1 aromatic carbocycles. The largest absolute Gasteiger partial charge is 0.478 e. The summed E-state index contributed by atoms with van der Waals surface area (Å²) in [6, 6.07) is 5.68. The van der Waals surface area contributed by atoms with Crippen LogP contribution >= 0.6 is 0 Å². The van der Waals surface area contributed by atoms with Gasteiger partial charge in [-0.25, -0.2) is 22.9 Å². The van der Waals surface area contributed by atoms with Gasteiger partial charge < -0.3 is 5.11 Å². The summed E-state index contributed by atoms with van der Waals surface area (Å²) in [6.45, 7) is 0.0103. The number of nitrogens with zero attached hydrogens (tertiary/aromatic N) is 3. The number of aromatic carboxylic acids is 1. The number of carboxylic acids is 1. The summed E-state index contributed by atoms with van der Waals surface area (Å²) in [6.07, 6.45) is 1.48. The van der Waals surface area contributed by atoms with E-state index in [1.54, 1.807) is 7.05 Å². The smallest absolute Gasteiger partial charge is 0.335 e. The molecule has 0 saturated carbocycles. The van der Waals surface area contributed by atoms with Crippen molar-refractivity contribution in [1.82, 2.24) is 19.5 Å². The minimum Gasteiger partial charge on any atom is -0.478 e. The Morgan fingerprint density at radius 1 is 1.33 bits per heavy atom. The normalized spacial score (nSPS) is 11.5. The Bertz CT molecular complexity index is 737. The molecule has 1 heterocycles. The third kappa shape index (κ3) is 4.36. The van der Waals surface area contributed by atoms with Crippen molar-refractivity contribution >= 4 is 16.0 Å². The Hall–Kier alpha value is -2.26. The van der Waals surface area contributed by atoms with Crippen LogP contribution in [0.5, 0.6) is 0 Å². The highest BCUT2D eigenvalue weighted by Crippen LogP contribution is 2.08. The molecule has 1 aromatic heterocycles. The molecule has 0 amide bonds. The first-order valence-corrected chi connectivity index (χ1v) is 7.65. The lowest BCUT2D eigenvalue weighted by Gasteiger charge is -2.05. The summed E-state index contributed by atoms with van der Waals surface area (Å²) in [7, 11) is -1.85. The van der Waals surface area contributed by atoms with E-state index in [-0.39, 0.29) is 17.9 Å². The van der Waals surface area contributed by atoms with Gasteiger partial charge in [0.1, 0.15) is 6.33 Å². The molecule has 0 saturated heterocycles. The first kappa shape index (κ1) is 15.1. The number of aromatic nitrogens is 3. The number of hydrogen-bond acceptors (Lipinski definition) is 5. The van der Waals surface area contributed by atoms with E-state index < -0.39 is 16.0 Å². The number of benzene rings is 1. The number of nitrogens with one attached hydrogen (secondary N) is 1. The maximum absolute atomic E-state index is 11.9. The average molecular weight is 310 g/mol. The maximum Gasteiger partial charge on any atom is 0.335 e. The highest BCUT2D eigenvalue weighted by molar-refractivity contribution is 7.88. The summed E-state index contributed by atoms with van der Waals surface area (Å²) in [5.74, 6) is -0.911. The molecular formula is C12H14N4O4S. The van der Waals surface area contributed by atoms with Gasteiger partial charge in [0.25, 0.3) is 0 Å². The molecule has 0 aliphatic heterocycles. The van der Waals surface area contributed by atoms with E-state index in [1.165, 1.54) is 35.3 Å². The average Bonchev–Trinajstić information content (AvgIpc) is 2.83. The molecule has 0 fully saturated rings. The molecule has 112 valence electrons. The van der Waals surface area contributed by atoms with Gasteiger partial charge in [0.2, 0.25) is 10.0 Å². The van der Waals surface area contributed by atoms with Crippen molar-refractivity contribution in [3.63, 3.8) is 0 Å². The van der Waals surface area contributed by atoms with E-state index in [0.29, 0.717) is 11.4 Å². The lowest BCUT2D eigenvalue weighted by atomic mass is 10.1. The second-order valence-corrected chi connectivity index (χ2v) is 6.22. The van der Waals surface area contributed by atoms with Crippen molar-refractivity contribution in [2.45, 2.75) is 12.3 Å². The van der Waals surface area contributed by atoms with Crippen LogP contribution in [0.15, 0.2) is 30.6 Å². The van der Waals surface area contributed by atoms with Crippen molar-refractivity contribution in [2.24, 2.45) is 7.05 Å². The second-order valence-electron chi connectivity index (χ2n) is 4.42. The van der Waals surface area contributed by atoms with Crippen LogP contribution in [0.3, 0.4) is 0 Å². The molecule has 0 spiro atoms. The van der Waals surface area contributed by atoms with Crippen LogP contribution in [0.1, 0.15) is 21.7 Å². The van der Waals surface area contributed by atoms with Crippen LogP contribution in [-0.4, -0.2) is 34.3 Å². The second kappa shape index (κ2) is 6.02. The molecule has 2 rings (SSSR count). The fraction of sp³-hybridized carbons (Fsp3) is 0.250. The molecule has 2 aromatic rings. The number of aryl methyl sites for hydroxylation is 1. The van der Waals surface area contributed by atoms with E-state index in [4.69, 9.17) is 5.11 Å². The SMILES string of the molecule is Cn1cnc(CNS(=O)(=O)Cc2ccc(C(=O)O)cc2)n1. The number of hydrogen-bond donors (Lipinski definition) is 2. The van der Waals surface area contributed by atoms with Gasteiger partial charge in [0.05, 0.1) is 17.9 Å². The first-order valence-electron chi connectivity index (χ1n) is 6.00. The molecule has 0 aliphatic carbocycles. The lowest BCUT2D eigenvalue weighted by molar-refractivity contribution is 0.0697. The number of rotatable bonds is 6. The summed E-state index contributed by atoms with van der Waals surface area (Å²) < 4.78 is 27.7. The standard InChI is InChI=1S/C12H14N4O4S/c1-16-8-13-11(15-16)6-14-21(19,20)7-9-2-4-10(5-3-9)12(17)18/h2-5,8,14H,6-7H2,1H3,(H,17,18).